The van der Waals surface area contributed by atoms with Crippen molar-refractivity contribution in [3.8, 4) is 0 Å². The molecule has 2 N–H and O–H groups in total. The fraction of sp³-hybridized carbons (Fsp3) is 0.462. The third-order valence-electron chi connectivity index (χ3n) is 6.33. The second-order valence-corrected chi connectivity index (χ2v) is 8.36. The van der Waals surface area contributed by atoms with Gasteiger partial charge in [0.2, 0.25) is 0 Å². The third kappa shape index (κ3) is 5.89. The molecule has 0 aromatic heterocycles. The molecule has 4 rings (SSSR count). The fourth-order valence-corrected chi connectivity index (χ4v) is 4.76. The second kappa shape index (κ2) is 11.1. The molecule has 180 valence electrons. The first-order chi connectivity index (χ1) is 15.8. The van der Waals surface area contributed by atoms with Crippen molar-refractivity contribution in [1.82, 2.24) is 15.1 Å². The first-order valence-electron chi connectivity index (χ1n) is 11.7. The smallest absolute Gasteiger partial charge is 0.366 e. The lowest BCUT2D eigenvalue weighted by atomic mass is 9.90. The summed E-state index contributed by atoms with van der Waals surface area (Å²) in [4.78, 5) is 4.55. The van der Waals surface area contributed by atoms with Crippen molar-refractivity contribution in [3.63, 3.8) is 0 Å². The molecule has 1 fully saturated rings. The van der Waals surface area contributed by atoms with E-state index in [0.29, 0.717) is 11.6 Å². The molecule has 2 aliphatic rings. The molecule has 0 spiro atoms. The van der Waals surface area contributed by atoms with Crippen LogP contribution in [0.15, 0.2) is 60.7 Å². The van der Waals surface area contributed by atoms with E-state index in [0.717, 1.165) is 43.3 Å². The Morgan fingerprint density at radius 2 is 1.61 bits per heavy atom. The molecule has 2 atom stereocenters. The highest BCUT2D eigenvalue weighted by Gasteiger charge is 2.38. The number of hydrogen-bond acceptors (Lipinski definition) is 4. The van der Waals surface area contributed by atoms with Gasteiger partial charge in [-0.25, -0.2) is 0 Å². The second-order valence-electron chi connectivity index (χ2n) is 8.36. The van der Waals surface area contributed by atoms with Crippen LogP contribution in [0.5, 0.6) is 0 Å². The van der Waals surface area contributed by atoms with Gasteiger partial charge in [0.05, 0.1) is 11.7 Å². The summed E-state index contributed by atoms with van der Waals surface area (Å²) >= 11 is 0. The summed E-state index contributed by atoms with van der Waals surface area (Å²) in [5, 5.41) is 6.76. The Morgan fingerprint density at radius 3 is 2.24 bits per heavy atom. The van der Waals surface area contributed by atoms with Crippen LogP contribution in [0.3, 0.4) is 0 Å². The van der Waals surface area contributed by atoms with Crippen LogP contribution in [-0.4, -0.2) is 49.3 Å². The molecule has 2 aromatic rings. The van der Waals surface area contributed by atoms with Gasteiger partial charge in [-0.2, -0.15) is 13.2 Å². The van der Waals surface area contributed by atoms with Gasteiger partial charge < -0.3 is 15.5 Å². The van der Waals surface area contributed by atoms with E-state index in [9.17, 15) is 13.2 Å². The van der Waals surface area contributed by atoms with E-state index in [-0.39, 0.29) is 12.3 Å². The van der Waals surface area contributed by atoms with Crippen LogP contribution in [0, 0.1) is 5.92 Å². The lowest BCUT2D eigenvalue weighted by molar-refractivity contribution is -0.137. The van der Waals surface area contributed by atoms with E-state index < -0.39 is 11.7 Å². The monoisotopic (exact) mass is 460 g/mol. The highest BCUT2D eigenvalue weighted by atomic mass is 19.4. The molecule has 0 amide bonds. The van der Waals surface area contributed by atoms with Crippen molar-refractivity contribution in [3.05, 3.63) is 71.8 Å². The van der Waals surface area contributed by atoms with E-state index in [2.05, 4.69) is 45.7 Å². The van der Waals surface area contributed by atoms with Crippen LogP contribution >= 0.6 is 0 Å². The van der Waals surface area contributed by atoms with Crippen LogP contribution in [0.1, 0.15) is 37.8 Å². The van der Waals surface area contributed by atoms with E-state index in [1.54, 1.807) is 6.07 Å². The normalized spacial score (nSPS) is 22.3. The number of alkyl halides is 3. The number of nitrogens with one attached hydrogen (secondary N) is 2. The number of likely N-dealkylation sites (N-methyl/N-ethyl adjacent to an activating group) is 1. The number of anilines is 1. The van der Waals surface area contributed by atoms with Gasteiger partial charge in [0.15, 0.2) is 0 Å². The molecule has 0 saturated carbocycles. The Bertz CT molecular complexity index is 907. The first kappa shape index (κ1) is 25.1. The zero-order chi connectivity index (χ0) is 24.0. The van der Waals surface area contributed by atoms with Gasteiger partial charge in [-0.05, 0) is 68.7 Å². The van der Waals surface area contributed by atoms with Crippen LogP contribution in [-0.2, 0) is 6.18 Å². The summed E-state index contributed by atoms with van der Waals surface area (Å²) < 4.78 is 39.6. The maximum Gasteiger partial charge on any atom is 0.416 e. The highest BCUT2D eigenvalue weighted by molar-refractivity contribution is 5.66. The van der Waals surface area contributed by atoms with E-state index >= 15 is 0 Å². The van der Waals surface area contributed by atoms with Gasteiger partial charge in [0.25, 0.3) is 0 Å². The molecule has 0 radical (unpaired) electrons. The number of piperidine rings is 1. The third-order valence-corrected chi connectivity index (χ3v) is 6.33. The Balaban J connectivity index is 0.00000149. The Morgan fingerprint density at radius 1 is 0.939 bits per heavy atom. The van der Waals surface area contributed by atoms with E-state index in [1.165, 1.54) is 12.1 Å². The number of halogens is 3. The van der Waals surface area contributed by atoms with E-state index in [4.69, 9.17) is 0 Å². The van der Waals surface area contributed by atoms with Crippen LogP contribution in [0.4, 0.5) is 18.9 Å². The summed E-state index contributed by atoms with van der Waals surface area (Å²) in [6, 6.07) is 15.6. The van der Waals surface area contributed by atoms with Crippen molar-refractivity contribution in [1.29, 1.82) is 0 Å². The number of nitrogens with zero attached hydrogens (tertiary/aromatic N) is 2. The van der Waals surface area contributed by atoms with Gasteiger partial charge in [-0.3, -0.25) is 4.90 Å². The molecule has 33 heavy (non-hydrogen) atoms. The van der Waals surface area contributed by atoms with Gasteiger partial charge >= 0.3 is 6.18 Å². The quantitative estimate of drug-likeness (QED) is 0.612. The average molecular weight is 461 g/mol. The number of hydrogen-bond donors (Lipinski definition) is 2. The summed E-state index contributed by atoms with van der Waals surface area (Å²) in [6.45, 7) is 5.97. The zero-order valence-electron chi connectivity index (χ0n) is 19.9. The first-order valence-corrected chi connectivity index (χ1v) is 11.7. The van der Waals surface area contributed by atoms with Crippen LogP contribution in [0.25, 0.3) is 5.70 Å². The predicted molar refractivity (Wildman–Crippen MR) is 130 cm³/mol. The van der Waals surface area contributed by atoms with Crippen molar-refractivity contribution in [2.75, 3.05) is 32.5 Å². The molecule has 0 aliphatic carbocycles. The summed E-state index contributed by atoms with van der Waals surface area (Å²) in [6.07, 6.45) is -0.206. The lowest BCUT2D eigenvalue weighted by Crippen LogP contribution is -2.58. The molecule has 4 nitrogen and oxygen atoms in total. The van der Waals surface area contributed by atoms with Crippen molar-refractivity contribution in [2.24, 2.45) is 5.92 Å². The van der Waals surface area contributed by atoms with Crippen molar-refractivity contribution < 1.29 is 13.2 Å². The van der Waals surface area contributed by atoms with Gasteiger partial charge in [-0.1, -0.05) is 50.2 Å². The number of rotatable bonds is 4. The minimum Gasteiger partial charge on any atom is -0.366 e. The SMILES string of the molecule is CC.CN1C(c2ccccc2)=CC(Nc2cccc(C(F)(F)F)c2)N(C)C1C1CCNCC1. The standard InChI is InChI=1S/C24H29F3N4.C2H6/c1-30-21(17-7-4-3-5-8-17)16-22(31(2)23(30)18-11-13-28-14-12-18)29-20-10-6-9-19(15-20)24(25,26)27;1-2/h3-10,15-16,18,22-23,28-29H,11-14H2,1-2H3;1-2H3. The fourth-order valence-electron chi connectivity index (χ4n) is 4.76. The summed E-state index contributed by atoms with van der Waals surface area (Å²) in [7, 11) is 4.16. The molecule has 7 heteroatoms. The maximum absolute atomic E-state index is 13.2. The van der Waals surface area contributed by atoms with Crippen LogP contribution < -0.4 is 10.6 Å². The molecular weight excluding hydrogens is 425 g/mol. The number of benzene rings is 2. The summed E-state index contributed by atoms with van der Waals surface area (Å²) in [5.41, 5.74) is 2.01. The van der Waals surface area contributed by atoms with Crippen LogP contribution in [0.2, 0.25) is 0 Å². The maximum atomic E-state index is 13.2. The molecule has 1 saturated heterocycles. The molecule has 2 heterocycles. The molecule has 2 unspecified atom stereocenters. The van der Waals surface area contributed by atoms with Crippen molar-refractivity contribution >= 4 is 11.4 Å². The minimum atomic E-state index is -4.36. The highest BCUT2D eigenvalue weighted by Crippen LogP contribution is 2.35. The van der Waals surface area contributed by atoms with Gasteiger partial charge in [0.1, 0.15) is 6.17 Å². The topological polar surface area (TPSA) is 30.5 Å². The minimum absolute atomic E-state index is 0.144. The van der Waals surface area contributed by atoms with Gasteiger partial charge in [0, 0.05) is 18.4 Å². The Labute approximate surface area is 195 Å². The lowest BCUT2D eigenvalue weighted by Gasteiger charge is -2.50. The molecule has 0 bridgehead atoms. The van der Waals surface area contributed by atoms with E-state index in [1.807, 2.05) is 39.1 Å². The Hall–Kier alpha value is -2.51. The van der Waals surface area contributed by atoms with Gasteiger partial charge in [-0.15, -0.1) is 0 Å². The molecule has 2 aromatic carbocycles. The average Bonchev–Trinajstić information content (AvgIpc) is 2.83. The molecule has 2 aliphatic heterocycles. The molecular formula is C26H35F3N4. The largest absolute Gasteiger partial charge is 0.416 e. The zero-order valence-corrected chi connectivity index (χ0v) is 19.9. The Kier molecular flexibility index (Phi) is 8.43. The summed E-state index contributed by atoms with van der Waals surface area (Å²) in [5.74, 6) is 0.467. The predicted octanol–water partition coefficient (Wildman–Crippen LogP) is 5.71. The van der Waals surface area contributed by atoms with Crippen molar-refractivity contribution in [2.45, 2.75) is 45.2 Å².